The van der Waals surface area contributed by atoms with Gasteiger partial charge in [0.05, 0.1) is 0 Å². The maximum Gasteiger partial charge on any atom is 0.223 e. The third-order valence-corrected chi connectivity index (χ3v) is 2.80. The number of nitrogens with one attached hydrogen (secondary N) is 1. The van der Waals surface area contributed by atoms with Gasteiger partial charge < -0.3 is 16.0 Å². The van der Waals surface area contributed by atoms with Gasteiger partial charge in [-0.25, -0.2) is 0 Å². The molecule has 5 heteroatoms. The fourth-order valence-corrected chi connectivity index (χ4v) is 1.74. The first-order valence-corrected chi connectivity index (χ1v) is 5.38. The highest BCUT2D eigenvalue weighted by Crippen LogP contribution is 2.32. The standard InChI is InChI=1S/C11H17N5/c1-4-13-9-7(2)10(15-11(12)14-9)16(3)8-5-6-8/h4,8H,1,5-6H2,2-3H3,(H3,12,13,14,15). The average Bonchev–Trinajstić information content (AvgIpc) is 3.06. The maximum atomic E-state index is 5.69. The Morgan fingerprint density at radius 2 is 2.19 bits per heavy atom. The van der Waals surface area contributed by atoms with Crippen LogP contribution in [0.25, 0.3) is 0 Å². The molecule has 5 nitrogen and oxygen atoms in total. The molecule has 1 aliphatic rings. The van der Waals surface area contributed by atoms with Gasteiger partial charge in [0.2, 0.25) is 5.95 Å². The van der Waals surface area contributed by atoms with Gasteiger partial charge in [0, 0.05) is 18.7 Å². The number of nitrogens with zero attached hydrogens (tertiary/aromatic N) is 3. The van der Waals surface area contributed by atoms with Gasteiger partial charge in [-0.1, -0.05) is 6.58 Å². The van der Waals surface area contributed by atoms with Crippen LogP contribution in [0.4, 0.5) is 17.6 Å². The van der Waals surface area contributed by atoms with Crippen molar-refractivity contribution >= 4 is 17.6 Å². The second-order valence-electron chi connectivity index (χ2n) is 4.07. The van der Waals surface area contributed by atoms with Gasteiger partial charge in [0.1, 0.15) is 11.6 Å². The molecule has 1 aromatic heterocycles. The normalized spacial score (nSPS) is 14.6. The van der Waals surface area contributed by atoms with Crippen molar-refractivity contribution in [1.29, 1.82) is 0 Å². The lowest BCUT2D eigenvalue weighted by molar-refractivity contribution is 0.881. The molecule has 1 fully saturated rings. The van der Waals surface area contributed by atoms with Crippen LogP contribution in [-0.2, 0) is 0 Å². The van der Waals surface area contributed by atoms with Gasteiger partial charge in [-0.3, -0.25) is 0 Å². The van der Waals surface area contributed by atoms with Crippen molar-refractivity contribution in [2.24, 2.45) is 0 Å². The molecule has 1 aromatic rings. The van der Waals surface area contributed by atoms with E-state index in [0.717, 1.165) is 17.2 Å². The zero-order valence-electron chi connectivity index (χ0n) is 9.70. The Labute approximate surface area is 95.4 Å². The molecule has 3 N–H and O–H groups in total. The van der Waals surface area contributed by atoms with Gasteiger partial charge in [-0.2, -0.15) is 9.97 Å². The molecule has 0 atom stereocenters. The fourth-order valence-electron chi connectivity index (χ4n) is 1.74. The van der Waals surface area contributed by atoms with Gasteiger partial charge in [0.25, 0.3) is 0 Å². The largest absolute Gasteiger partial charge is 0.368 e. The van der Waals surface area contributed by atoms with Gasteiger partial charge >= 0.3 is 0 Å². The molecule has 0 aliphatic heterocycles. The monoisotopic (exact) mass is 219 g/mol. The van der Waals surface area contributed by atoms with Crippen molar-refractivity contribution in [2.75, 3.05) is 23.0 Å². The summed E-state index contributed by atoms with van der Waals surface area (Å²) >= 11 is 0. The van der Waals surface area contributed by atoms with Crippen LogP contribution in [0.3, 0.4) is 0 Å². The quantitative estimate of drug-likeness (QED) is 0.803. The zero-order valence-corrected chi connectivity index (χ0v) is 9.70. The molecule has 0 unspecified atom stereocenters. The molecule has 0 bridgehead atoms. The summed E-state index contributed by atoms with van der Waals surface area (Å²) in [4.78, 5) is 10.6. The summed E-state index contributed by atoms with van der Waals surface area (Å²) in [6.45, 7) is 5.61. The smallest absolute Gasteiger partial charge is 0.223 e. The molecule has 1 heterocycles. The molecule has 16 heavy (non-hydrogen) atoms. The summed E-state index contributed by atoms with van der Waals surface area (Å²) in [6.07, 6.45) is 4.05. The van der Waals surface area contributed by atoms with E-state index in [9.17, 15) is 0 Å². The molecular weight excluding hydrogens is 202 g/mol. The molecular formula is C11H17N5. The number of nitrogen functional groups attached to an aromatic ring is 1. The summed E-state index contributed by atoms with van der Waals surface area (Å²) in [5.74, 6) is 1.92. The van der Waals surface area contributed by atoms with E-state index in [-0.39, 0.29) is 5.95 Å². The van der Waals surface area contributed by atoms with Crippen molar-refractivity contribution < 1.29 is 0 Å². The van der Waals surface area contributed by atoms with Crippen LogP contribution in [0.1, 0.15) is 18.4 Å². The maximum absolute atomic E-state index is 5.69. The third-order valence-electron chi connectivity index (χ3n) is 2.80. The van der Waals surface area contributed by atoms with Crippen LogP contribution in [0.2, 0.25) is 0 Å². The lowest BCUT2D eigenvalue weighted by Crippen LogP contribution is -2.23. The van der Waals surface area contributed by atoms with Crippen LogP contribution in [0.5, 0.6) is 0 Å². The topological polar surface area (TPSA) is 67.1 Å². The summed E-state index contributed by atoms with van der Waals surface area (Å²) in [5, 5.41) is 2.98. The Kier molecular flexibility index (Phi) is 2.68. The van der Waals surface area contributed by atoms with Crippen LogP contribution in [-0.4, -0.2) is 23.1 Å². The molecule has 0 spiro atoms. The van der Waals surface area contributed by atoms with E-state index >= 15 is 0 Å². The lowest BCUT2D eigenvalue weighted by atomic mass is 10.3. The Bertz CT molecular complexity index is 411. The molecule has 0 aromatic carbocycles. The summed E-state index contributed by atoms with van der Waals surface area (Å²) in [7, 11) is 2.05. The van der Waals surface area contributed by atoms with E-state index in [0.29, 0.717) is 6.04 Å². The van der Waals surface area contributed by atoms with E-state index in [4.69, 9.17) is 5.73 Å². The summed E-state index contributed by atoms with van der Waals surface area (Å²) < 4.78 is 0. The molecule has 1 aliphatic carbocycles. The van der Waals surface area contributed by atoms with Gasteiger partial charge in [-0.05, 0) is 26.0 Å². The number of aromatic nitrogens is 2. The Balaban J connectivity index is 2.38. The molecule has 0 saturated heterocycles. The summed E-state index contributed by atoms with van der Waals surface area (Å²) in [6, 6.07) is 0.601. The number of hydrogen-bond acceptors (Lipinski definition) is 5. The van der Waals surface area contributed by atoms with E-state index in [1.165, 1.54) is 12.8 Å². The number of rotatable bonds is 4. The highest BCUT2D eigenvalue weighted by Gasteiger charge is 2.28. The van der Waals surface area contributed by atoms with Crippen LogP contribution in [0.15, 0.2) is 12.8 Å². The second kappa shape index (κ2) is 4.00. The summed E-state index contributed by atoms with van der Waals surface area (Å²) in [5.41, 5.74) is 6.70. The predicted molar refractivity (Wildman–Crippen MR) is 66.4 cm³/mol. The van der Waals surface area contributed by atoms with Gasteiger partial charge in [-0.15, -0.1) is 0 Å². The van der Waals surface area contributed by atoms with E-state index in [1.54, 1.807) is 6.20 Å². The highest BCUT2D eigenvalue weighted by molar-refractivity contribution is 5.62. The number of anilines is 3. The van der Waals surface area contributed by atoms with Crippen LogP contribution >= 0.6 is 0 Å². The highest BCUT2D eigenvalue weighted by atomic mass is 15.2. The Hall–Kier alpha value is -1.78. The van der Waals surface area contributed by atoms with E-state index in [1.807, 2.05) is 14.0 Å². The SMILES string of the molecule is C=CNc1nc(N)nc(N(C)C2CC2)c1C. The minimum absolute atomic E-state index is 0.289. The van der Waals surface area contributed by atoms with Crippen LogP contribution < -0.4 is 16.0 Å². The predicted octanol–water partition coefficient (Wildman–Crippen LogP) is 1.52. The molecule has 0 radical (unpaired) electrons. The van der Waals surface area contributed by atoms with Crippen molar-refractivity contribution in [3.8, 4) is 0 Å². The first-order chi connectivity index (χ1) is 7.63. The van der Waals surface area contributed by atoms with Crippen molar-refractivity contribution in [3.63, 3.8) is 0 Å². The van der Waals surface area contributed by atoms with E-state index in [2.05, 4.69) is 26.8 Å². The minimum Gasteiger partial charge on any atom is -0.368 e. The molecule has 0 amide bonds. The second-order valence-corrected chi connectivity index (χ2v) is 4.07. The van der Waals surface area contributed by atoms with Crippen molar-refractivity contribution in [1.82, 2.24) is 9.97 Å². The lowest BCUT2D eigenvalue weighted by Gasteiger charge is -2.21. The first-order valence-electron chi connectivity index (χ1n) is 5.38. The Morgan fingerprint density at radius 1 is 1.50 bits per heavy atom. The Morgan fingerprint density at radius 3 is 2.75 bits per heavy atom. The number of nitrogens with two attached hydrogens (primary N) is 1. The third kappa shape index (κ3) is 1.93. The average molecular weight is 219 g/mol. The molecule has 86 valence electrons. The first kappa shape index (κ1) is 10.7. The van der Waals surface area contributed by atoms with Crippen molar-refractivity contribution in [2.45, 2.75) is 25.8 Å². The minimum atomic E-state index is 0.289. The fraction of sp³-hybridized carbons (Fsp3) is 0.455. The van der Waals surface area contributed by atoms with Crippen LogP contribution in [0, 0.1) is 6.92 Å². The van der Waals surface area contributed by atoms with Gasteiger partial charge in [0.15, 0.2) is 0 Å². The molecule has 1 saturated carbocycles. The van der Waals surface area contributed by atoms with E-state index < -0.39 is 0 Å². The zero-order chi connectivity index (χ0) is 11.7. The van der Waals surface area contributed by atoms with Crippen molar-refractivity contribution in [3.05, 3.63) is 18.3 Å². The number of hydrogen-bond donors (Lipinski definition) is 2. The molecule has 2 rings (SSSR count).